The zero-order chi connectivity index (χ0) is 37.0. The zero-order valence-electron chi connectivity index (χ0n) is 29.8. The van der Waals surface area contributed by atoms with Crippen molar-refractivity contribution in [3.8, 4) is 67.9 Å². The van der Waals surface area contributed by atoms with E-state index in [-0.39, 0.29) is 0 Å². The molecular weight excluding hydrogens is 723 g/mol. The van der Waals surface area contributed by atoms with Crippen molar-refractivity contribution in [3.05, 3.63) is 176 Å². The van der Waals surface area contributed by atoms with Crippen molar-refractivity contribution < 1.29 is 0 Å². The van der Waals surface area contributed by atoms with E-state index >= 15 is 0 Å². The molecule has 0 fully saturated rings. The van der Waals surface area contributed by atoms with E-state index < -0.39 is 0 Å². The van der Waals surface area contributed by atoms with Gasteiger partial charge in [-0.2, -0.15) is 0 Å². The third-order valence-electron chi connectivity index (χ3n) is 10.2. The molecule has 0 radical (unpaired) electrons. The highest BCUT2D eigenvalue weighted by Crippen LogP contribution is 2.43. The van der Waals surface area contributed by atoms with Crippen molar-refractivity contribution in [2.24, 2.45) is 0 Å². The van der Waals surface area contributed by atoms with E-state index in [9.17, 15) is 0 Å². The molecule has 0 saturated heterocycles. The van der Waals surface area contributed by atoms with Crippen molar-refractivity contribution in [2.45, 2.75) is 0 Å². The van der Waals surface area contributed by atoms with Crippen molar-refractivity contribution >= 4 is 63.1 Å². The van der Waals surface area contributed by atoms with Gasteiger partial charge in [-0.25, -0.2) is 24.9 Å². The van der Waals surface area contributed by atoms with Gasteiger partial charge in [-0.1, -0.05) is 152 Å². The average molecular weight is 752 g/mol. The van der Waals surface area contributed by atoms with Crippen LogP contribution in [0.15, 0.2) is 176 Å². The van der Waals surface area contributed by atoms with Crippen molar-refractivity contribution in [2.75, 3.05) is 0 Å². The molecule has 0 amide bonds. The number of rotatable bonds is 6. The molecule has 262 valence electrons. The molecule has 0 aliphatic heterocycles. The molecule has 0 spiro atoms. The molecule has 4 heterocycles. The molecule has 11 aromatic rings. The molecule has 0 bridgehead atoms. The van der Waals surface area contributed by atoms with Gasteiger partial charge in [0.2, 0.25) is 0 Å². The van der Waals surface area contributed by atoms with Gasteiger partial charge in [0.1, 0.15) is 0 Å². The third-order valence-corrected chi connectivity index (χ3v) is 12.4. The Balaban J connectivity index is 1.04. The van der Waals surface area contributed by atoms with Crippen molar-refractivity contribution in [1.82, 2.24) is 24.9 Å². The molecule has 0 unspecified atom stereocenters. The van der Waals surface area contributed by atoms with E-state index in [1.807, 2.05) is 78.9 Å². The molecule has 0 N–H and O–H groups in total. The van der Waals surface area contributed by atoms with Crippen molar-refractivity contribution in [1.29, 1.82) is 0 Å². The van der Waals surface area contributed by atoms with Crippen LogP contribution in [0.4, 0.5) is 0 Å². The topological polar surface area (TPSA) is 64.5 Å². The first kappa shape index (κ1) is 32.5. The molecule has 0 aliphatic carbocycles. The molecular formula is C49H29N5S2. The largest absolute Gasteiger partial charge is 0.226 e. The lowest BCUT2D eigenvalue weighted by molar-refractivity contribution is 1.08. The summed E-state index contributed by atoms with van der Waals surface area (Å²) in [6, 6.07) is 61.0. The molecule has 7 aromatic carbocycles. The summed E-state index contributed by atoms with van der Waals surface area (Å²) >= 11 is 3.55. The second kappa shape index (κ2) is 13.4. The molecule has 0 aliphatic rings. The Labute approximate surface area is 330 Å². The van der Waals surface area contributed by atoms with Gasteiger partial charge in [0, 0.05) is 58.1 Å². The van der Waals surface area contributed by atoms with Crippen LogP contribution < -0.4 is 0 Å². The lowest BCUT2D eigenvalue weighted by Gasteiger charge is -2.10. The molecule has 11 rings (SSSR count). The summed E-state index contributed by atoms with van der Waals surface area (Å²) in [4.78, 5) is 25.4. The van der Waals surface area contributed by atoms with Crippen LogP contribution in [0.3, 0.4) is 0 Å². The maximum absolute atomic E-state index is 5.22. The fourth-order valence-electron chi connectivity index (χ4n) is 7.47. The number of thiophene rings is 2. The fourth-order valence-corrected chi connectivity index (χ4v) is 9.79. The molecule has 0 atom stereocenters. The molecule has 5 nitrogen and oxygen atoms in total. The van der Waals surface area contributed by atoms with Crippen LogP contribution in [0.5, 0.6) is 0 Å². The van der Waals surface area contributed by atoms with E-state index in [4.69, 9.17) is 24.9 Å². The molecule has 0 saturated carbocycles. The van der Waals surface area contributed by atoms with Crippen LogP contribution >= 0.6 is 22.7 Å². The summed E-state index contributed by atoms with van der Waals surface area (Å²) in [6.45, 7) is 0. The smallest absolute Gasteiger partial charge is 0.164 e. The van der Waals surface area contributed by atoms with Crippen LogP contribution in [0.25, 0.3) is 108 Å². The fraction of sp³-hybridized carbons (Fsp3) is 0. The Morgan fingerprint density at radius 1 is 0.321 bits per heavy atom. The van der Waals surface area contributed by atoms with Crippen LogP contribution in [0, 0.1) is 0 Å². The highest BCUT2D eigenvalue weighted by Gasteiger charge is 2.19. The maximum atomic E-state index is 5.22. The Hall–Kier alpha value is -6.93. The monoisotopic (exact) mass is 751 g/mol. The lowest BCUT2D eigenvalue weighted by Crippen LogP contribution is -2.00. The van der Waals surface area contributed by atoms with Crippen molar-refractivity contribution in [3.63, 3.8) is 0 Å². The van der Waals surface area contributed by atoms with E-state index in [1.165, 1.54) is 19.5 Å². The first-order valence-electron chi connectivity index (χ1n) is 18.4. The van der Waals surface area contributed by atoms with Gasteiger partial charge in [-0.05, 0) is 35.4 Å². The quantitative estimate of drug-likeness (QED) is 0.169. The summed E-state index contributed by atoms with van der Waals surface area (Å²) in [5, 5.41) is 3.49. The number of benzene rings is 7. The van der Waals surface area contributed by atoms with E-state index in [0.717, 1.165) is 71.5 Å². The Kier molecular flexibility index (Phi) is 7.79. The zero-order valence-corrected chi connectivity index (χ0v) is 31.4. The maximum Gasteiger partial charge on any atom is 0.164 e. The number of nitrogens with zero attached hydrogens (tertiary/aromatic N) is 5. The third kappa shape index (κ3) is 5.64. The summed E-state index contributed by atoms with van der Waals surface area (Å²) in [7, 11) is 0. The minimum absolute atomic E-state index is 0.653. The van der Waals surface area contributed by atoms with Crippen LogP contribution in [-0.4, -0.2) is 24.9 Å². The molecule has 4 aromatic heterocycles. The second-order valence-electron chi connectivity index (χ2n) is 13.6. The highest BCUT2D eigenvalue weighted by atomic mass is 32.1. The second-order valence-corrected chi connectivity index (χ2v) is 15.8. The Morgan fingerprint density at radius 2 is 0.875 bits per heavy atom. The Bertz CT molecular complexity index is 3190. The van der Waals surface area contributed by atoms with Crippen LogP contribution in [-0.2, 0) is 0 Å². The van der Waals surface area contributed by atoms with Gasteiger partial charge >= 0.3 is 0 Å². The van der Waals surface area contributed by atoms with Gasteiger partial charge in [0.15, 0.2) is 23.3 Å². The minimum Gasteiger partial charge on any atom is -0.226 e. The minimum atomic E-state index is 0.653. The summed E-state index contributed by atoms with van der Waals surface area (Å²) in [6.07, 6.45) is 0. The normalized spacial score (nSPS) is 11.6. The number of hydrogen-bond donors (Lipinski definition) is 0. The van der Waals surface area contributed by atoms with E-state index in [0.29, 0.717) is 17.5 Å². The van der Waals surface area contributed by atoms with Crippen LogP contribution in [0.1, 0.15) is 0 Å². The average Bonchev–Trinajstić information content (AvgIpc) is 3.85. The summed E-state index contributed by atoms with van der Waals surface area (Å²) in [5.41, 5.74) is 9.19. The Morgan fingerprint density at radius 3 is 1.59 bits per heavy atom. The van der Waals surface area contributed by atoms with Gasteiger partial charge in [-0.3, -0.25) is 0 Å². The van der Waals surface area contributed by atoms with Gasteiger partial charge in [-0.15, -0.1) is 22.7 Å². The summed E-state index contributed by atoms with van der Waals surface area (Å²) in [5.74, 6) is 2.70. The lowest BCUT2D eigenvalue weighted by atomic mass is 9.99. The number of fused-ring (bicyclic) bond motifs is 6. The van der Waals surface area contributed by atoms with Gasteiger partial charge in [0.25, 0.3) is 0 Å². The van der Waals surface area contributed by atoms with Crippen LogP contribution in [0.2, 0.25) is 0 Å². The number of aromatic nitrogens is 5. The summed E-state index contributed by atoms with van der Waals surface area (Å²) < 4.78 is 4.70. The molecule has 7 heteroatoms. The number of hydrogen-bond acceptors (Lipinski definition) is 7. The molecule has 56 heavy (non-hydrogen) atoms. The first-order chi connectivity index (χ1) is 27.7. The highest BCUT2D eigenvalue weighted by molar-refractivity contribution is 7.26. The predicted octanol–water partition coefficient (Wildman–Crippen LogP) is 13.4. The van der Waals surface area contributed by atoms with Gasteiger partial charge < -0.3 is 0 Å². The van der Waals surface area contributed by atoms with E-state index in [2.05, 4.69) is 97.1 Å². The predicted molar refractivity (Wildman–Crippen MR) is 234 cm³/mol. The first-order valence-corrected chi connectivity index (χ1v) is 20.0. The van der Waals surface area contributed by atoms with Gasteiger partial charge in [0.05, 0.1) is 15.9 Å². The standard InChI is InChI=1S/C49H29N5S2/c1-4-14-30(15-5-1)46-50-43(45-44(51-46)37-22-10-11-24-39(37)56-45)35-21-12-20-33(28-35)34-26-27-36-41(29-34)55-40-25-13-23-38(42(36)40)49-53-47(31-16-6-2-7-17-31)52-48(54-49)32-18-8-3-9-19-32/h1-29H. The van der Waals surface area contributed by atoms with E-state index in [1.54, 1.807) is 22.7 Å². The SMILES string of the molecule is c1ccc(-c2nc(-c3ccccc3)nc(-c3cccc4sc5cc(-c6cccc(-c7nc(-c8ccccc8)nc8c7sc7ccccc78)c6)ccc5c34)n2)cc1.